The molecule has 2 aromatic rings. The molecule has 0 bridgehead atoms. The second kappa shape index (κ2) is 2.15. The molecule has 0 aliphatic heterocycles. The van der Waals surface area contributed by atoms with Crippen molar-refractivity contribution in [2.24, 2.45) is 5.41 Å². The maximum atomic E-state index is 4.61. The zero-order valence-electron chi connectivity index (χ0n) is 7.82. The van der Waals surface area contributed by atoms with Gasteiger partial charge in [0.15, 0.2) is 4.96 Å². The quantitative estimate of drug-likeness (QED) is 0.679. The third-order valence-corrected chi connectivity index (χ3v) is 3.75. The summed E-state index contributed by atoms with van der Waals surface area (Å²) < 4.78 is 2.12. The molecule has 1 saturated carbocycles. The van der Waals surface area contributed by atoms with Crippen LogP contribution in [-0.4, -0.2) is 9.38 Å². The van der Waals surface area contributed by atoms with Crippen LogP contribution in [0.4, 0.5) is 0 Å². The van der Waals surface area contributed by atoms with Crippen LogP contribution in [-0.2, 0) is 0 Å². The van der Waals surface area contributed by atoms with Crippen molar-refractivity contribution in [3.8, 4) is 0 Å². The molecule has 0 N–H and O–H groups in total. The number of thiazole rings is 1. The van der Waals surface area contributed by atoms with Crippen molar-refractivity contribution < 1.29 is 0 Å². The predicted octanol–water partition coefficient (Wildman–Crippen LogP) is 2.91. The van der Waals surface area contributed by atoms with Crippen LogP contribution in [0.15, 0.2) is 17.8 Å². The fourth-order valence-corrected chi connectivity index (χ4v) is 2.59. The number of fused-ring (bicyclic) bond motifs is 1. The summed E-state index contributed by atoms with van der Waals surface area (Å²) in [5.74, 6) is 0.694. The van der Waals surface area contributed by atoms with Crippen LogP contribution in [0.1, 0.15) is 31.9 Å². The summed E-state index contributed by atoms with van der Waals surface area (Å²) in [6.07, 6.45) is 5.54. The molecule has 0 radical (unpaired) electrons. The van der Waals surface area contributed by atoms with Crippen LogP contribution in [0.5, 0.6) is 0 Å². The molecule has 3 heteroatoms. The molecule has 2 heterocycles. The molecule has 2 nitrogen and oxygen atoms in total. The fourth-order valence-electron chi connectivity index (χ4n) is 1.89. The average molecular weight is 192 g/mol. The molecule has 0 spiro atoms. The highest BCUT2D eigenvalue weighted by Gasteiger charge is 2.47. The molecule has 0 amide bonds. The van der Waals surface area contributed by atoms with Crippen molar-refractivity contribution in [2.45, 2.75) is 26.2 Å². The van der Waals surface area contributed by atoms with E-state index in [9.17, 15) is 0 Å². The zero-order valence-corrected chi connectivity index (χ0v) is 8.64. The molecule has 1 aliphatic rings. The third kappa shape index (κ3) is 1.03. The van der Waals surface area contributed by atoms with Gasteiger partial charge in [0.25, 0.3) is 0 Å². The number of imidazole rings is 1. The Morgan fingerprint density at radius 3 is 3.00 bits per heavy atom. The molecule has 1 atom stereocenters. The smallest absolute Gasteiger partial charge is 0.193 e. The van der Waals surface area contributed by atoms with Gasteiger partial charge in [0.2, 0.25) is 0 Å². The van der Waals surface area contributed by atoms with E-state index < -0.39 is 0 Å². The highest BCUT2D eigenvalue weighted by atomic mass is 32.1. The Labute approximate surface area is 81.2 Å². The Morgan fingerprint density at radius 1 is 1.62 bits per heavy atom. The van der Waals surface area contributed by atoms with Gasteiger partial charge in [0, 0.05) is 23.7 Å². The van der Waals surface area contributed by atoms with Crippen molar-refractivity contribution in [1.29, 1.82) is 0 Å². The molecular formula is C10H12N2S. The monoisotopic (exact) mass is 192 g/mol. The zero-order chi connectivity index (χ0) is 9.05. The Kier molecular flexibility index (Phi) is 1.25. The first-order chi connectivity index (χ1) is 6.17. The average Bonchev–Trinajstić information content (AvgIpc) is 2.49. The second-order valence-corrected chi connectivity index (χ2v) is 5.38. The van der Waals surface area contributed by atoms with Gasteiger partial charge in [-0.1, -0.05) is 13.8 Å². The fraction of sp³-hybridized carbons (Fsp3) is 0.500. The van der Waals surface area contributed by atoms with E-state index in [1.807, 2.05) is 0 Å². The first-order valence-electron chi connectivity index (χ1n) is 4.59. The topological polar surface area (TPSA) is 17.3 Å². The van der Waals surface area contributed by atoms with Gasteiger partial charge < -0.3 is 0 Å². The van der Waals surface area contributed by atoms with Crippen molar-refractivity contribution >= 4 is 16.3 Å². The Hall–Kier alpha value is -0.830. The lowest BCUT2D eigenvalue weighted by Gasteiger charge is -1.97. The Morgan fingerprint density at radius 2 is 2.38 bits per heavy atom. The highest BCUT2D eigenvalue weighted by molar-refractivity contribution is 7.15. The molecule has 0 saturated heterocycles. The van der Waals surface area contributed by atoms with Crippen LogP contribution in [0.3, 0.4) is 0 Å². The molecule has 3 rings (SSSR count). The van der Waals surface area contributed by atoms with E-state index in [-0.39, 0.29) is 0 Å². The normalized spacial score (nSPS) is 25.2. The highest BCUT2D eigenvalue weighted by Crippen LogP contribution is 2.58. The lowest BCUT2D eigenvalue weighted by atomic mass is 10.1. The van der Waals surface area contributed by atoms with E-state index in [1.165, 1.54) is 12.1 Å². The van der Waals surface area contributed by atoms with E-state index in [0.717, 1.165) is 4.96 Å². The lowest BCUT2D eigenvalue weighted by molar-refractivity contribution is 0.617. The minimum Gasteiger partial charge on any atom is -0.297 e. The van der Waals surface area contributed by atoms with Crippen LogP contribution >= 0.6 is 11.3 Å². The van der Waals surface area contributed by atoms with Crippen molar-refractivity contribution in [3.63, 3.8) is 0 Å². The predicted molar refractivity (Wildman–Crippen MR) is 54.2 cm³/mol. The van der Waals surface area contributed by atoms with E-state index in [2.05, 4.69) is 41.0 Å². The molecular weight excluding hydrogens is 180 g/mol. The third-order valence-electron chi connectivity index (χ3n) is 2.98. The SMILES string of the molecule is CC1(C)CC1c1cn2ccsc2n1. The van der Waals surface area contributed by atoms with E-state index in [4.69, 9.17) is 0 Å². The van der Waals surface area contributed by atoms with Gasteiger partial charge in [-0.25, -0.2) is 4.98 Å². The molecule has 1 fully saturated rings. The summed E-state index contributed by atoms with van der Waals surface area (Å²) in [5.41, 5.74) is 1.76. The van der Waals surface area contributed by atoms with Gasteiger partial charge in [0.05, 0.1) is 5.69 Å². The molecule has 2 aromatic heterocycles. The van der Waals surface area contributed by atoms with Crippen LogP contribution in [0, 0.1) is 5.41 Å². The Balaban J connectivity index is 2.05. The molecule has 1 unspecified atom stereocenters. The number of rotatable bonds is 1. The molecule has 1 aliphatic carbocycles. The first kappa shape index (κ1) is 7.56. The largest absolute Gasteiger partial charge is 0.297 e. The van der Waals surface area contributed by atoms with Crippen molar-refractivity contribution in [2.75, 3.05) is 0 Å². The van der Waals surface area contributed by atoms with Crippen LogP contribution in [0.25, 0.3) is 4.96 Å². The minimum absolute atomic E-state index is 0.490. The summed E-state index contributed by atoms with van der Waals surface area (Å²) in [6, 6.07) is 0. The van der Waals surface area contributed by atoms with Crippen molar-refractivity contribution in [1.82, 2.24) is 9.38 Å². The van der Waals surface area contributed by atoms with Gasteiger partial charge in [-0.2, -0.15) is 0 Å². The van der Waals surface area contributed by atoms with Gasteiger partial charge in [-0.3, -0.25) is 4.40 Å². The van der Waals surface area contributed by atoms with Gasteiger partial charge in [-0.05, 0) is 11.8 Å². The number of hydrogen-bond donors (Lipinski definition) is 0. The summed E-state index contributed by atoms with van der Waals surface area (Å²) in [4.78, 5) is 5.73. The summed E-state index contributed by atoms with van der Waals surface area (Å²) in [6.45, 7) is 4.62. The van der Waals surface area contributed by atoms with Gasteiger partial charge >= 0.3 is 0 Å². The van der Waals surface area contributed by atoms with E-state index >= 15 is 0 Å². The Bertz CT molecular complexity index is 424. The van der Waals surface area contributed by atoms with Gasteiger partial charge in [0.1, 0.15) is 0 Å². The van der Waals surface area contributed by atoms with Gasteiger partial charge in [-0.15, -0.1) is 11.3 Å². The molecule has 0 aromatic carbocycles. The van der Waals surface area contributed by atoms with Crippen LogP contribution < -0.4 is 0 Å². The minimum atomic E-state index is 0.490. The lowest BCUT2D eigenvalue weighted by Crippen LogP contribution is -1.89. The maximum absolute atomic E-state index is 4.61. The standard InChI is InChI=1S/C10H12N2S/c1-10(2)5-7(10)8-6-12-3-4-13-9(12)11-8/h3-4,6-7H,5H2,1-2H3. The van der Waals surface area contributed by atoms with E-state index in [0.29, 0.717) is 11.3 Å². The number of nitrogens with zero attached hydrogens (tertiary/aromatic N) is 2. The second-order valence-electron chi connectivity index (χ2n) is 4.50. The van der Waals surface area contributed by atoms with Crippen LogP contribution in [0.2, 0.25) is 0 Å². The van der Waals surface area contributed by atoms with E-state index in [1.54, 1.807) is 11.3 Å². The molecule has 13 heavy (non-hydrogen) atoms. The maximum Gasteiger partial charge on any atom is 0.193 e. The summed E-state index contributed by atoms with van der Waals surface area (Å²) in [7, 11) is 0. The number of hydrogen-bond acceptors (Lipinski definition) is 2. The summed E-state index contributed by atoms with van der Waals surface area (Å²) in [5, 5.41) is 2.07. The number of aromatic nitrogens is 2. The molecule has 68 valence electrons. The first-order valence-corrected chi connectivity index (χ1v) is 5.47. The summed E-state index contributed by atoms with van der Waals surface area (Å²) >= 11 is 1.71. The van der Waals surface area contributed by atoms with Crippen molar-refractivity contribution in [3.05, 3.63) is 23.5 Å².